The largest absolute Gasteiger partial charge is 0.381 e. The molecule has 2 atom stereocenters. The van der Waals surface area contributed by atoms with Crippen LogP contribution in [0.4, 0.5) is 0 Å². The molecule has 0 saturated carbocycles. The summed E-state index contributed by atoms with van der Waals surface area (Å²) in [5.41, 5.74) is 0. The maximum absolute atomic E-state index is 12.1. The molecule has 1 N–H and O–H groups in total. The van der Waals surface area contributed by atoms with E-state index in [4.69, 9.17) is 4.74 Å². The molecule has 5 heteroatoms. The third kappa shape index (κ3) is 4.41. The minimum absolute atomic E-state index is 0.0344. The first-order chi connectivity index (χ1) is 7.97. The van der Waals surface area contributed by atoms with Crippen molar-refractivity contribution in [2.75, 3.05) is 13.2 Å². The maximum Gasteiger partial charge on any atom is 0.214 e. The van der Waals surface area contributed by atoms with Gasteiger partial charge in [0, 0.05) is 19.3 Å². The predicted octanol–water partition coefficient (Wildman–Crippen LogP) is 1.69. The average molecular weight is 261 g/mol. The van der Waals surface area contributed by atoms with E-state index in [1.54, 1.807) is 13.0 Å². The van der Waals surface area contributed by atoms with Crippen LogP contribution in [0, 0.1) is 5.92 Å². The zero-order valence-electron chi connectivity index (χ0n) is 10.7. The van der Waals surface area contributed by atoms with Crippen molar-refractivity contribution in [3.05, 3.63) is 12.7 Å². The molecule has 17 heavy (non-hydrogen) atoms. The van der Waals surface area contributed by atoms with Gasteiger partial charge in [-0.15, -0.1) is 6.58 Å². The van der Waals surface area contributed by atoms with E-state index < -0.39 is 10.0 Å². The molecule has 0 bridgehead atoms. The van der Waals surface area contributed by atoms with Crippen molar-refractivity contribution in [3.8, 4) is 0 Å². The van der Waals surface area contributed by atoms with Crippen LogP contribution in [0.2, 0.25) is 0 Å². The first-order valence-electron chi connectivity index (χ1n) is 6.17. The van der Waals surface area contributed by atoms with Gasteiger partial charge in [-0.25, -0.2) is 13.1 Å². The first kappa shape index (κ1) is 14.7. The predicted molar refractivity (Wildman–Crippen MR) is 69.3 cm³/mol. The summed E-state index contributed by atoms with van der Waals surface area (Å²) in [5.74, 6) is 0.0878. The molecule has 1 aliphatic rings. The van der Waals surface area contributed by atoms with Crippen LogP contribution in [0.1, 0.15) is 33.1 Å². The lowest BCUT2D eigenvalue weighted by molar-refractivity contribution is 0.0831. The monoisotopic (exact) mass is 261 g/mol. The Bertz CT molecular complexity index is 334. The summed E-state index contributed by atoms with van der Waals surface area (Å²) in [5, 5.41) is -0.386. The smallest absolute Gasteiger partial charge is 0.214 e. The van der Waals surface area contributed by atoms with Gasteiger partial charge in [0.25, 0.3) is 0 Å². The van der Waals surface area contributed by atoms with Gasteiger partial charge in [0.2, 0.25) is 10.0 Å². The van der Waals surface area contributed by atoms with Crippen LogP contribution in [0.25, 0.3) is 0 Å². The Balaban J connectivity index is 2.56. The summed E-state index contributed by atoms with van der Waals surface area (Å²) in [6.45, 7) is 8.63. The van der Waals surface area contributed by atoms with Crippen molar-refractivity contribution in [1.82, 2.24) is 4.72 Å². The van der Waals surface area contributed by atoms with Crippen molar-refractivity contribution < 1.29 is 13.2 Å². The number of nitrogens with one attached hydrogen (secondary N) is 1. The molecule has 1 saturated heterocycles. The highest BCUT2D eigenvalue weighted by molar-refractivity contribution is 7.90. The molecule has 0 amide bonds. The van der Waals surface area contributed by atoms with Crippen molar-refractivity contribution in [3.63, 3.8) is 0 Å². The standard InChI is InChI=1S/C12H23NO3S/c1-4-5-10(2)11(3)17(14,15)13-12-6-8-16-9-7-12/h4,10-13H,1,5-9H2,2-3H3/t10-,11-/m1/s1. The molecule has 0 unspecified atom stereocenters. The highest BCUT2D eigenvalue weighted by atomic mass is 32.2. The Morgan fingerprint density at radius 2 is 2.00 bits per heavy atom. The number of allylic oxidation sites excluding steroid dienone is 1. The lowest BCUT2D eigenvalue weighted by Gasteiger charge is -2.26. The van der Waals surface area contributed by atoms with E-state index in [0.29, 0.717) is 13.2 Å². The van der Waals surface area contributed by atoms with Crippen molar-refractivity contribution in [1.29, 1.82) is 0 Å². The molecule has 0 spiro atoms. The van der Waals surface area contributed by atoms with Crippen LogP contribution in [-0.4, -0.2) is 32.9 Å². The van der Waals surface area contributed by atoms with Gasteiger partial charge in [0.15, 0.2) is 0 Å². The number of hydrogen-bond acceptors (Lipinski definition) is 3. The zero-order valence-corrected chi connectivity index (χ0v) is 11.5. The lowest BCUT2D eigenvalue weighted by Crippen LogP contribution is -2.44. The van der Waals surface area contributed by atoms with E-state index in [1.807, 2.05) is 6.92 Å². The number of ether oxygens (including phenoxy) is 1. The average Bonchev–Trinajstić information content (AvgIpc) is 2.29. The molecular weight excluding hydrogens is 238 g/mol. The van der Waals surface area contributed by atoms with E-state index in [1.165, 1.54) is 0 Å². The molecule has 0 radical (unpaired) electrons. The summed E-state index contributed by atoms with van der Waals surface area (Å²) in [6.07, 6.45) is 4.02. The molecule has 0 aromatic carbocycles. The minimum atomic E-state index is -3.23. The van der Waals surface area contributed by atoms with Crippen LogP contribution in [0.5, 0.6) is 0 Å². The van der Waals surface area contributed by atoms with E-state index in [9.17, 15) is 8.42 Å². The Morgan fingerprint density at radius 1 is 1.41 bits per heavy atom. The van der Waals surface area contributed by atoms with Crippen molar-refractivity contribution in [2.45, 2.75) is 44.4 Å². The third-order valence-electron chi connectivity index (χ3n) is 3.38. The SMILES string of the molecule is C=CC[C@@H](C)[C@@H](C)S(=O)(=O)NC1CCOCC1. The fourth-order valence-corrected chi connectivity index (χ4v) is 3.55. The van der Waals surface area contributed by atoms with Gasteiger partial charge in [0.1, 0.15) is 0 Å². The quantitative estimate of drug-likeness (QED) is 0.740. The Kier molecular flexibility index (Phi) is 5.62. The molecule has 1 heterocycles. The Labute approximate surface area is 104 Å². The van der Waals surface area contributed by atoms with Gasteiger partial charge >= 0.3 is 0 Å². The molecule has 1 rings (SSSR count). The Morgan fingerprint density at radius 3 is 2.53 bits per heavy atom. The van der Waals surface area contributed by atoms with Gasteiger partial charge in [0.05, 0.1) is 5.25 Å². The lowest BCUT2D eigenvalue weighted by atomic mass is 10.1. The summed E-state index contributed by atoms with van der Waals surface area (Å²) >= 11 is 0. The van der Waals surface area contributed by atoms with E-state index >= 15 is 0 Å². The minimum Gasteiger partial charge on any atom is -0.381 e. The fraction of sp³-hybridized carbons (Fsp3) is 0.833. The van der Waals surface area contributed by atoms with Gasteiger partial charge in [-0.1, -0.05) is 13.0 Å². The van der Waals surface area contributed by atoms with Crippen molar-refractivity contribution >= 4 is 10.0 Å². The van der Waals surface area contributed by atoms with E-state index in [2.05, 4.69) is 11.3 Å². The van der Waals surface area contributed by atoms with Gasteiger partial charge < -0.3 is 4.74 Å². The fourth-order valence-electron chi connectivity index (χ4n) is 1.92. The second kappa shape index (κ2) is 6.52. The third-order valence-corrected chi connectivity index (χ3v) is 5.49. The highest BCUT2D eigenvalue weighted by Gasteiger charge is 2.28. The normalized spacial score (nSPS) is 22.0. The van der Waals surface area contributed by atoms with Crippen LogP contribution in [0.3, 0.4) is 0 Å². The van der Waals surface area contributed by atoms with Crippen LogP contribution in [0.15, 0.2) is 12.7 Å². The van der Waals surface area contributed by atoms with Crippen molar-refractivity contribution in [2.24, 2.45) is 5.92 Å². The highest BCUT2D eigenvalue weighted by Crippen LogP contribution is 2.17. The van der Waals surface area contributed by atoms with E-state index in [-0.39, 0.29) is 17.2 Å². The van der Waals surface area contributed by atoms with Gasteiger partial charge in [-0.05, 0) is 32.1 Å². The van der Waals surface area contributed by atoms with Crippen LogP contribution < -0.4 is 4.72 Å². The van der Waals surface area contributed by atoms with Crippen LogP contribution >= 0.6 is 0 Å². The second-order valence-electron chi connectivity index (χ2n) is 4.76. The topological polar surface area (TPSA) is 55.4 Å². The summed E-state index contributed by atoms with van der Waals surface area (Å²) in [6, 6.07) is 0.0344. The molecule has 0 aromatic rings. The van der Waals surface area contributed by atoms with E-state index in [0.717, 1.165) is 19.3 Å². The maximum atomic E-state index is 12.1. The number of rotatable bonds is 6. The molecule has 0 aliphatic carbocycles. The molecule has 1 aliphatic heterocycles. The summed E-state index contributed by atoms with van der Waals surface area (Å²) in [7, 11) is -3.23. The summed E-state index contributed by atoms with van der Waals surface area (Å²) in [4.78, 5) is 0. The summed E-state index contributed by atoms with van der Waals surface area (Å²) < 4.78 is 32.3. The molecule has 0 aromatic heterocycles. The molecule has 100 valence electrons. The Hall–Kier alpha value is -0.390. The van der Waals surface area contributed by atoms with Gasteiger partial charge in [-0.3, -0.25) is 0 Å². The second-order valence-corrected chi connectivity index (χ2v) is 6.83. The van der Waals surface area contributed by atoms with Crippen LogP contribution in [-0.2, 0) is 14.8 Å². The number of sulfonamides is 1. The number of hydrogen-bond donors (Lipinski definition) is 1. The zero-order chi connectivity index (χ0) is 12.9. The molecule has 1 fully saturated rings. The van der Waals surface area contributed by atoms with Gasteiger partial charge in [-0.2, -0.15) is 0 Å². The first-order valence-corrected chi connectivity index (χ1v) is 7.71. The molecule has 4 nitrogen and oxygen atoms in total. The molecular formula is C12H23NO3S.